The van der Waals surface area contributed by atoms with Crippen molar-refractivity contribution in [3.8, 4) is 22.8 Å². The van der Waals surface area contributed by atoms with Gasteiger partial charge >= 0.3 is 0 Å². The Hall–Kier alpha value is -3.60. The van der Waals surface area contributed by atoms with Crippen LogP contribution in [0.25, 0.3) is 11.3 Å². The summed E-state index contributed by atoms with van der Waals surface area (Å²) in [4.78, 5) is 17.3. The summed E-state index contributed by atoms with van der Waals surface area (Å²) < 4.78 is 12.1. The fourth-order valence-electron chi connectivity index (χ4n) is 3.89. The van der Waals surface area contributed by atoms with E-state index in [1.165, 1.54) is 17.6 Å². The van der Waals surface area contributed by atoms with Crippen LogP contribution >= 0.6 is 62.1 Å². The molecule has 0 bridgehead atoms. The van der Waals surface area contributed by atoms with Gasteiger partial charge in [-0.15, -0.1) is 11.3 Å². The van der Waals surface area contributed by atoms with E-state index in [0.29, 0.717) is 42.2 Å². The smallest absolute Gasteiger partial charge is 0.271 e. The number of amides is 1. The van der Waals surface area contributed by atoms with Gasteiger partial charge in [0.05, 0.1) is 23.5 Å². The standard InChI is InChI=1S/C31H22BrCl3N4O3S/c1-41-28-13-18(12-25(32)29(28)42-16-21-6-7-23(34)14-26(21)35)15-36-39-30(40)20-4-2-19(3-5-20)27-17-43-31(38-27)37-24-10-8-22(33)9-11-24/h2-15,17H,16H2,1H3,(H,37,38)(H,39,40)/b36-15-. The van der Waals surface area contributed by atoms with Crippen molar-refractivity contribution in [2.75, 3.05) is 12.4 Å². The summed E-state index contributed by atoms with van der Waals surface area (Å²) in [6.45, 7) is 0.219. The molecule has 0 fully saturated rings. The molecule has 7 nitrogen and oxygen atoms in total. The molecule has 0 aliphatic carbocycles. The molecule has 0 aliphatic heterocycles. The first-order valence-corrected chi connectivity index (χ1v) is 15.5. The Morgan fingerprint density at radius 1 is 1.00 bits per heavy atom. The van der Waals surface area contributed by atoms with Crippen molar-refractivity contribution in [1.29, 1.82) is 0 Å². The number of ether oxygens (including phenoxy) is 2. The molecule has 2 N–H and O–H groups in total. The largest absolute Gasteiger partial charge is 0.493 e. The summed E-state index contributed by atoms with van der Waals surface area (Å²) in [7, 11) is 1.54. The predicted octanol–water partition coefficient (Wildman–Crippen LogP) is 9.63. The lowest BCUT2D eigenvalue weighted by atomic mass is 10.1. The fourth-order valence-corrected chi connectivity index (χ4v) is 5.79. The Labute approximate surface area is 275 Å². The molecule has 1 heterocycles. The minimum atomic E-state index is -0.350. The van der Waals surface area contributed by atoms with Crippen LogP contribution in [-0.4, -0.2) is 24.2 Å². The lowest BCUT2D eigenvalue weighted by Gasteiger charge is -2.14. The number of thiazole rings is 1. The molecule has 4 aromatic carbocycles. The number of anilines is 2. The van der Waals surface area contributed by atoms with Crippen LogP contribution in [0.2, 0.25) is 15.1 Å². The number of aromatic nitrogens is 1. The Morgan fingerprint density at radius 3 is 2.47 bits per heavy atom. The second-order valence-electron chi connectivity index (χ2n) is 9.00. The zero-order chi connectivity index (χ0) is 30.3. The zero-order valence-corrected chi connectivity index (χ0v) is 27.1. The zero-order valence-electron chi connectivity index (χ0n) is 22.4. The van der Waals surface area contributed by atoms with Crippen molar-refractivity contribution < 1.29 is 14.3 Å². The van der Waals surface area contributed by atoms with Crippen molar-refractivity contribution >= 4 is 85.0 Å². The van der Waals surface area contributed by atoms with Crippen LogP contribution in [0.15, 0.2) is 93.8 Å². The van der Waals surface area contributed by atoms with Crippen molar-refractivity contribution in [2.24, 2.45) is 5.10 Å². The molecule has 0 saturated carbocycles. The third kappa shape index (κ3) is 8.07. The molecule has 0 saturated heterocycles. The molecule has 5 aromatic rings. The summed E-state index contributed by atoms with van der Waals surface area (Å²) in [5, 5.41) is 11.8. The van der Waals surface area contributed by atoms with Crippen LogP contribution in [-0.2, 0) is 6.61 Å². The van der Waals surface area contributed by atoms with Gasteiger partial charge in [0.25, 0.3) is 5.91 Å². The van der Waals surface area contributed by atoms with Gasteiger partial charge in [0.2, 0.25) is 0 Å². The summed E-state index contributed by atoms with van der Waals surface area (Å²) in [5.74, 6) is 0.635. The summed E-state index contributed by atoms with van der Waals surface area (Å²) in [5.41, 5.74) is 7.06. The molecular weight excluding hydrogens is 695 g/mol. The number of methoxy groups -OCH3 is 1. The van der Waals surface area contributed by atoms with E-state index in [4.69, 9.17) is 44.3 Å². The average molecular weight is 717 g/mol. The van der Waals surface area contributed by atoms with E-state index < -0.39 is 0 Å². The van der Waals surface area contributed by atoms with Gasteiger partial charge in [-0.3, -0.25) is 4.79 Å². The first-order chi connectivity index (χ1) is 20.8. The van der Waals surface area contributed by atoms with Crippen LogP contribution in [0.5, 0.6) is 11.5 Å². The molecule has 218 valence electrons. The van der Waals surface area contributed by atoms with Crippen molar-refractivity contribution in [1.82, 2.24) is 10.4 Å². The minimum Gasteiger partial charge on any atom is -0.493 e. The van der Waals surface area contributed by atoms with Gasteiger partial charge in [-0.05, 0) is 82.2 Å². The molecule has 0 spiro atoms. The van der Waals surface area contributed by atoms with Gasteiger partial charge in [-0.2, -0.15) is 5.10 Å². The third-order valence-electron chi connectivity index (χ3n) is 6.06. The fraction of sp³-hybridized carbons (Fsp3) is 0.0645. The lowest BCUT2D eigenvalue weighted by molar-refractivity contribution is 0.0955. The topological polar surface area (TPSA) is 84.8 Å². The van der Waals surface area contributed by atoms with Gasteiger partial charge in [0.15, 0.2) is 16.6 Å². The molecule has 1 amide bonds. The van der Waals surface area contributed by atoms with Crippen LogP contribution in [0.3, 0.4) is 0 Å². The SMILES string of the molecule is COc1cc(/C=N\NC(=O)c2ccc(-c3csc(Nc4ccc(Cl)cc4)n3)cc2)cc(Br)c1OCc1ccc(Cl)cc1Cl. The first kappa shape index (κ1) is 30.8. The van der Waals surface area contributed by atoms with E-state index >= 15 is 0 Å². The quantitative estimate of drug-likeness (QED) is 0.111. The highest BCUT2D eigenvalue weighted by molar-refractivity contribution is 9.10. The molecule has 0 radical (unpaired) electrons. The number of nitrogens with one attached hydrogen (secondary N) is 2. The Morgan fingerprint density at radius 2 is 1.74 bits per heavy atom. The Kier molecular flexibility index (Phi) is 10.2. The molecule has 0 unspecified atom stereocenters. The van der Waals surface area contributed by atoms with Gasteiger partial charge in [0.1, 0.15) is 6.61 Å². The summed E-state index contributed by atoms with van der Waals surface area (Å²) in [6.07, 6.45) is 1.52. The Bertz CT molecular complexity index is 1780. The van der Waals surface area contributed by atoms with Crippen LogP contribution < -0.4 is 20.2 Å². The van der Waals surface area contributed by atoms with Gasteiger partial charge in [-0.25, -0.2) is 10.4 Å². The van der Waals surface area contributed by atoms with Gasteiger partial charge in [-0.1, -0.05) is 53.0 Å². The number of benzene rings is 4. The molecular formula is C31H22BrCl3N4O3S. The number of hydrogen-bond acceptors (Lipinski definition) is 7. The highest BCUT2D eigenvalue weighted by Gasteiger charge is 2.13. The molecule has 0 aliphatic rings. The second-order valence-corrected chi connectivity index (χ2v) is 12.0. The average Bonchev–Trinajstić information content (AvgIpc) is 3.47. The molecule has 5 rings (SSSR count). The number of halogens is 4. The van der Waals surface area contributed by atoms with E-state index in [2.05, 4.69) is 36.8 Å². The first-order valence-electron chi connectivity index (χ1n) is 12.7. The number of carbonyl (C=O) groups excluding carboxylic acids is 1. The van der Waals surface area contributed by atoms with E-state index in [9.17, 15) is 4.79 Å². The van der Waals surface area contributed by atoms with E-state index in [1.807, 2.05) is 41.8 Å². The van der Waals surface area contributed by atoms with E-state index in [0.717, 1.165) is 27.6 Å². The number of rotatable bonds is 10. The summed E-state index contributed by atoms with van der Waals surface area (Å²) >= 11 is 23.2. The lowest BCUT2D eigenvalue weighted by Crippen LogP contribution is -2.17. The third-order valence-corrected chi connectivity index (χ3v) is 8.25. The predicted molar refractivity (Wildman–Crippen MR) is 179 cm³/mol. The number of hydrogen-bond donors (Lipinski definition) is 2. The van der Waals surface area contributed by atoms with Crippen molar-refractivity contribution in [2.45, 2.75) is 6.61 Å². The van der Waals surface area contributed by atoms with Gasteiger partial charge in [0, 0.05) is 42.8 Å². The number of hydrazone groups is 1. The molecule has 0 atom stereocenters. The normalized spacial score (nSPS) is 11.0. The minimum absolute atomic E-state index is 0.219. The number of nitrogens with zero attached hydrogens (tertiary/aromatic N) is 2. The molecule has 12 heteroatoms. The van der Waals surface area contributed by atoms with Crippen LogP contribution in [0, 0.1) is 0 Å². The highest BCUT2D eigenvalue weighted by Crippen LogP contribution is 2.37. The molecule has 1 aromatic heterocycles. The monoisotopic (exact) mass is 714 g/mol. The molecule has 43 heavy (non-hydrogen) atoms. The van der Waals surface area contributed by atoms with Crippen LogP contribution in [0.4, 0.5) is 10.8 Å². The van der Waals surface area contributed by atoms with Crippen LogP contribution in [0.1, 0.15) is 21.5 Å². The highest BCUT2D eigenvalue weighted by atomic mass is 79.9. The maximum Gasteiger partial charge on any atom is 0.271 e. The van der Waals surface area contributed by atoms with Gasteiger partial charge < -0.3 is 14.8 Å². The maximum absolute atomic E-state index is 12.7. The Balaban J connectivity index is 1.19. The van der Waals surface area contributed by atoms with E-state index in [1.54, 1.807) is 49.6 Å². The van der Waals surface area contributed by atoms with Crippen molar-refractivity contribution in [3.63, 3.8) is 0 Å². The second kappa shape index (κ2) is 14.2. The number of carbonyl (C=O) groups is 1. The summed E-state index contributed by atoms with van der Waals surface area (Å²) in [6, 6.07) is 23.3. The van der Waals surface area contributed by atoms with E-state index in [-0.39, 0.29) is 12.5 Å². The van der Waals surface area contributed by atoms with Crippen molar-refractivity contribution in [3.05, 3.63) is 120 Å². The maximum atomic E-state index is 12.7.